The summed E-state index contributed by atoms with van der Waals surface area (Å²) in [4.78, 5) is 31.1. The number of hydroxylamine groups is 1. The largest absolute Gasteiger partial charge is 0.479 e. The van der Waals surface area contributed by atoms with Crippen LogP contribution in [-0.4, -0.2) is 28.6 Å². The number of carbonyl (C=O) groups excluding carboxylic acids is 1. The van der Waals surface area contributed by atoms with Gasteiger partial charge in [0.25, 0.3) is 5.91 Å². The number of pyridine rings is 1. The fourth-order valence-electron chi connectivity index (χ4n) is 2.08. The Morgan fingerprint density at radius 2 is 1.96 bits per heavy atom. The Hall–Kier alpha value is -2.78. The number of nitrogens with zero attached hydrogens (tertiary/aromatic N) is 1. The molecule has 1 aromatic heterocycles. The van der Waals surface area contributed by atoms with E-state index >= 15 is 0 Å². The smallest absolute Gasteiger partial charge is 0.332 e. The van der Waals surface area contributed by atoms with Gasteiger partial charge in [0, 0.05) is 6.20 Å². The normalized spacial score (nSPS) is 10.5. The molecular formula is C16H14ClF2N3O4. The number of aromatic nitrogens is 1. The highest BCUT2D eigenvalue weighted by Gasteiger charge is 2.23. The molecule has 0 saturated heterocycles. The molecule has 0 spiro atoms. The Kier molecular flexibility index (Phi) is 6.06. The van der Waals surface area contributed by atoms with Crippen molar-refractivity contribution in [1.29, 1.82) is 0 Å². The third kappa shape index (κ3) is 4.44. The Bertz CT molecular complexity index is 877. The SMILES string of the molecule is Cc1cnc(Nc2c(C(=O)NOCC(=O)O)cc(Cl)c(F)c2F)c(C)c1. The van der Waals surface area contributed by atoms with Crippen molar-refractivity contribution >= 4 is 35.0 Å². The maximum Gasteiger partial charge on any atom is 0.332 e. The number of carboxylic acid groups (broad SMARTS) is 1. The molecule has 1 heterocycles. The molecule has 1 amide bonds. The zero-order valence-electron chi connectivity index (χ0n) is 13.7. The van der Waals surface area contributed by atoms with E-state index in [1.54, 1.807) is 13.0 Å². The Morgan fingerprint density at radius 3 is 2.58 bits per heavy atom. The summed E-state index contributed by atoms with van der Waals surface area (Å²) >= 11 is 5.60. The topological polar surface area (TPSA) is 101 Å². The summed E-state index contributed by atoms with van der Waals surface area (Å²) in [6, 6.07) is 2.65. The van der Waals surface area contributed by atoms with Crippen LogP contribution < -0.4 is 10.8 Å². The summed E-state index contributed by atoms with van der Waals surface area (Å²) in [5.41, 5.74) is 2.42. The molecular weight excluding hydrogens is 372 g/mol. The van der Waals surface area contributed by atoms with Crippen molar-refractivity contribution in [3.63, 3.8) is 0 Å². The van der Waals surface area contributed by atoms with E-state index in [-0.39, 0.29) is 11.4 Å². The van der Waals surface area contributed by atoms with E-state index in [1.807, 2.05) is 12.4 Å². The van der Waals surface area contributed by atoms with Gasteiger partial charge < -0.3 is 10.4 Å². The Balaban J connectivity index is 2.41. The standard InChI is InChI=1S/C16H14ClF2N3O4/c1-7-3-8(2)15(20-5-7)21-14-9(4-10(17)12(18)13(14)19)16(25)22-26-6-11(23)24/h3-5H,6H2,1-2H3,(H,20,21)(H,22,25)(H,23,24). The first-order valence-corrected chi connectivity index (χ1v) is 7.60. The molecule has 2 aromatic rings. The predicted octanol–water partition coefficient (Wildman–Crippen LogP) is 3.12. The van der Waals surface area contributed by atoms with Gasteiger partial charge in [-0.1, -0.05) is 17.7 Å². The number of halogens is 3. The molecule has 3 N–H and O–H groups in total. The number of carboxylic acids is 1. The number of amides is 1. The van der Waals surface area contributed by atoms with Crippen molar-refractivity contribution in [1.82, 2.24) is 10.5 Å². The third-order valence-corrected chi connectivity index (χ3v) is 3.50. The highest BCUT2D eigenvalue weighted by Crippen LogP contribution is 2.31. The van der Waals surface area contributed by atoms with Crippen molar-refractivity contribution in [2.45, 2.75) is 13.8 Å². The summed E-state index contributed by atoms with van der Waals surface area (Å²) in [5, 5.41) is 10.4. The van der Waals surface area contributed by atoms with Crippen molar-refractivity contribution in [3.8, 4) is 0 Å². The zero-order valence-corrected chi connectivity index (χ0v) is 14.4. The number of carbonyl (C=O) groups is 2. The Morgan fingerprint density at radius 1 is 1.27 bits per heavy atom. The van der Waals surface area contributed by atoms with Gasteiger partial charge in [-0.05, 0) is 31.0 Å². The second-order valence-corrected chi connectivity index (χ2v) is 5.73. The fraction of sp³-hybridized carbons (Fsp3) is 0.188. The molecule has 0 unspecified atom stereocenters. The van der Waals surface area contributed by atoms with Crippen LogP contribution in [0.3, 0.4) is 0 Å². The van der Waals surface area contributed by atoms with Gasteiger partial charge in [-0.25, -0.2) is 24.0 Å². The summed E-state index contributed by atoms with van der Waals surface area (Å²) in [7, 11) is 0. The molecule has 138 valence electrons. The first-order valence-electron chi connectivity index (χ1n) is 7.22. The fourth-order valence-corrected chi connectivity index (χ4v) is 2.27. The van der Waals surface area contributed by atoms with Crippen LogP contribution in [0, 0.1) is 25.5 Å². The highest BCUT2D eigenvalue weighted by molar-refractivity contribution is 6.31. The highest BCUT2D eigenvalue weighted by atomic mass is 35.5. The number of hydrogen-bond acceptors (Lipinski definition) is 5. The van der Waals surface area contributed by atoms with Crippen molar-refractivity contribution in [3.05, 3.63) is 51.7 Å². The molecule has 0 radical (unpaired) electrons. The van der Waals surface area contributed by atoms with Gasteiger partial charge in [0.05, 0.1) is 16.3 Å². The molecule has 0 atom stereocenters. The van der Waals surface area contributed by atoms with E-state index in [9.17, 15) is 18.4 Å². The van der Waals surface area contributed by atoms with E-state index < -0.39 is 40.8 Å². The van der Waals surface area contributed by atoms with Crippen LogP contribution in [0.2, 0.25) is 5.02 Å². The lowest BCUT2D eigenvalue weighted by molar-refractivity contribution is -0.144. The zero-order chi connectivity index (χ0) is 19.4. The van der Waals surface area contributed by atoms with Gasteiger partial charge >= 0.3 is 5.97 Å². The summed E-state index contributed by atoms with van der Waals surface area (Å²) < 4.78 is 28.2. The predicted molar refractivity (Wildman–Crippen MR) is 89.4 cm³/mol. The third-order valence-electron chi connectivity index (χ3n) is 3.23. The second kappa shape index (κ2) is 8.07. The van der Waals surface area contributed by atoms with Gasteiger partial charge in [-0.15, -0.1) is 0 Å². The summed E-state index contributed by atoms with van der Waals surface area (Å²) in [6.07, 6.45) is 1.51. The van der Waals surface area contributed by atoms with Crippen molar-refractivity contribution in [2.24, 2.45) is 0 Å². The monoisotopic (exact) mass is 385 g/mol. The number of anilines is 2. The Labute approximate surface area is 151 Å². The molecule has 0 aliphatic heterocycles. The van der Waals surface area contributed by atoms with E-state index in [1.165, 1.54) is 6.20 Å². The number of nitrogens with one attached hydrogen (secondary N) is 2. The maximum atomic E-state index is 14.4. The summed E-state index contributed by atoms with van der Waals surface area (Å²) in [5.74, 6) is -4.87. The molecule has 1 aromatic carbocycles. The van der Waals surface area contributed by atoms with Crippen LogP contribution in [-0.2, 0) is 9.63 Å². The first kappa shape index (κ1) is 19.5. The molecule has 0 saturated carbocycles. The van der Waals surface area contributed by atoms with Crippen LogP contribution in [0.5, 0.6) is 0 Å². The van der Waals surface area contributed by atoms with Gasteiger partial charge in [0.15, 0.2) is 18.2 Å². The van der Waals surface area contributed by atoms with Crippen LogP contribution in [0.25, 0.3) is 0 Å². The van der Waals surface area contributed by atoms with Gasteiger partial charge in [-0.3, -0.25) is 9.63 Å². The van der Waals surface area contributed by atoms with E-state index in [2.05, 4.69) is 15.1 Å². The minimum Gasteiger partial charge on any atom is -0.479 e. The molecule has 0 fully saturated rings. The number of aryl methyl sites for hydroxylation is 2. The van der Waals surface area contributed by atoms with E-state index in [4.69, 9.17) is 16.7 Å². The van der Waals surface area contributed by atoms with Crippen LogP contribution in [0.4, 0.5) is 20.3 Å². The van der Waals surface area contributed by atoms with Gasteiger partial charge in [0.2, 0.25) is 0 Å². The lowest BCUT2D eigenvalue weighted by atomic mass is 10.1. The molecule has 26 heavy (non-hydrogen) atoms. The first-order chi connectivity index (χ1) is 12.2. The number of rotatable bonds is 6. The number of benzene rings is 1. The minimum absolute atomic E-state index is 0.205. The molecule has 2 rings (SSSR count). The van der Waals surface area contributed by atoms with Crippen LogP contribution >= 0.6 is 11.6 Å². The molecule has 10 heteroatoms. The van der Waals surface area contributed by atoms with Crippen molar-refractivity contribution in [2.75, 3.05) is 11.9 Å². The number of hydrogen-bond donors (Lipinski definition) is 3. The van der Waals surface area contributed by atoms with Gasteiger partial charge in [0.1, 0.15) is 5.82 Å². The van der Waals surface area contributed by atoms with Crippen LogP contribution in [0.15, 0.2) is 18.3 Å². The average Bonchev–Trinajstić information content (AvgIpc) is 2.56. The molecule has 0 aliphatic carbocycles. The maximum absolute atomic E-state index is 14.4. The molecule has 0 aliphatic rings. The average molecular weight is 386 g/mol. The minimum atomic E-state index is -1.39. The van der Waals surface area contributed by atoms with Crippen LogP contribution in [0.1, 0.15) is 21.5 Å². The molecule has 0 bridgehead atoms. The number of aliphatic carboxylic acids is 1. The van der Waals surface area contributed by atoms with Gasteiger partial charge in [-0.2, -0.15) is 0 Å². The van der Waals surface area contributed by atoms with E-state index in [0.29, 0.717) is 5.56 Å². The lowest BCUT2D eigenvalue weighted by Crippen LogP contribution is -2.27. The summed E-state index contributed by atoms with van der Waals surface area (Å²) in [6.45, 7) is 2.69. The van der Waals surface area contributed by atoms with Crippen molar-refractivity contribution < 1.29 is 28.3 Å². The second-order valence-electron chi connectivity index (χ2n) is 5.33. The lowest BCUT2D eigenvalue weighted by Gasteiger charge is -2.15. The van der Waals surface area contributed by atoms with E-state index in [0.717, 1.165) is 11.6 Å². The molecule has 7 nitrogen and oxygen atoms in total. The quantitative estimate of drug-likeness (QED) is 0.522.